The monoisotopic (exact) mass is 323 g/mol. The number of aliphatic hydroxyl groups is 1. The first-order chi connectivity index (χ1) is 10.7. The lowest BCUT2D eigenvalue weighted by Gasteiger charge is -2.30. The van der Waals surface area contributed by atoms with Gasteiger partial charge in [-0.05, 0) is 20.8 Å². The first-order valence-corrected chi connectivity index (χ1v) is 7.15. The van der Waals surface area contributed by atoms with Gasteiger partial charge >= 0.3 is 5.69 Å². The molecule has 1 aromatic rings. The van der Waals surface area contributed by atoms with Gasteiger partial charge in [0.2, 0.25) is 0 Å². The van der Waals surface area contributed by atoms with Crippen molar-refractivity contribution < 1.29 is 19.3 Å². The summed E-state index contributed by atoms with van der Waals surface area (Å²) in [5.41, 5.74) is -3.25. The maximum atomic E-state index is 12.1. The maximum Gasteiger partial charge on any atom is 0.331 e. The van der Waals surface area contributed by atoms with E-state index in [9.17, 15) is 20.0 Å². The highest BCUT2D eigenvalue weighted by molar-refractivity contribution is 5.16. The molecule has 0 saturated carbocycles. The highest BCUT2D eigenvalue weighted by atomic mass is 16.8. The minimum Gasteiger partial charge on any atom is -0.391 e. The molecular formula is C14H17N3O6. The molecule has 2 N–H and O–H groups in total. The molecule has 2 aliphatic rings. The largest absolute Gasteiger partial charge is 0.391 e. The van der Waals surface area contributed by atoms with Gasteiger partial charge in [0.1, 0.15) is 18.3 Å². The summed E-state index contributed by atoms with van der Waals surface area (Å²) in [6.07, 6.45) is -2.32. The van der Waals surface area contributed by atoms with Crippen LogP contribution in [0.25, 0.3) is 0 Å². The van der Waals surface area contributed by atoms with Crippen molar-refractivity contribution in [2.45, 2.75) is 56.7 Å². The Morgan fingerprint density at radius 2 is 2.09 bits per heavy atom. The van der Waals surface area contributed by atoms with Gasteiger partial charge in [0.15, 0.2) is 11.9 Å². The number of aliphatic hydroxyl groups excluding tert-OH is 1. The standard InChI is InChI=1S/C14H17N3O6/c1-7(18)9-10-11(23-13(2,3)21-10)14(6-15,22-9)17-5-4-8(19)16-12(17)20/h4-5,7,9-11,18H,1-3H3,(H,16,19,20)/t7-,9+,10+,11+,14+/m0/s1. The smallest absolute Gasteiger partial charge is 0.331 e. The Balaban J connectivity index is 2.17. The van der Waals surface area contributed by atoms with Gasteiger partial charge in [-0.2, -0.15) is 5.26 Å². The van der Waals surface area contributed by atoms with Crippen LogP contribution in [0.1, 0.15) is 20.8 Å². The zero-order valence-electron chi connectivity index (χ0n) is 12.8. The summed E-state index contributed by atoms with van der Waals surface area (Å²) < 4.78 is 18.2. The van der Waals surface area contributed by atoms with Gasteiger partial charge in [-0.15, -0.1) is 0 Å². The molecule has 2 saturated heterocycles. The molecule has 0 unspecified atom stereocenters. The minimum atomic E-state index is -1.85. The molecule has 5 atom stereocenters. The van der Waals surface area contributed by atoms with Crippen molar-refractivity contribution in [3.8, 4) is 6.07 Å². The van der Waals surface area contributed by atoms with Gasteiger partial charge in [0.05, 0.1) is 6.10 Å². The molecule has 3 rings (SSSR count). The fraction of sp³-hybridized carbons (Fsp3) is 0.643. The molecule has 1 aromatic heterocycles. The molecule has 0 bridgehead atoms. The summed E-state index contributed by atoms with van der Waals surface area (Å²) in [6, 6.07) is 3.06. The van der Waals surface area contributed by atoms with E-state index in [1.165, 1.54) is 13.1 Å². The average molecular weight is 323 g/mol. The van der Waals surface area contributed by atoms with Crippen molar-refractivity contribution in [3.05, 3.63) is 33.1 Å². The molecule has 9 nitrogen and oxygen atoms in total. The van der Waals surface area contributed by atoms with Crippen LogP contribution in [0.2, 0.25) is 0 Å². The van der Waals surface area contributed by atoms with E-state index in [0.29, 0.717) is 0 Å². The Labute approximate surface area is 131 Å². The topological polar surface area (TPSA) is 127 Å². The summed E-state index contributed by atoms with van der Waals surface area (Å²) in [6.45, 7) is 4.84. The fourth-order valence-corrected chi connectivity index (χ4v) is 3.06. The Morgan fingerprint density at radius 3 is 2.65 bits per heavy atom. The van der Waals surface area contributed by atoms with Gasteiger partial charge in [0.25, 0.3) is 11.3 Å². The van der Waals surface area contributed by atoms with Gasteiger partial charge in [-0.25, -0.2) is 4.79 Å². The van der Waals surface area contributed by atoms with Gasteiger partial charge < -0.3 is 19.3 Å². The zero-order chi connectivity index (χ0) is 17.0. The Bertz CT molecular complexity index is 776. The van der Waals surface area contributed by atoms with Gasteiger partial charge in [-0.1, -0.05) is 0 Å². The second kappa shape index (κ2) is 5.01. The molecule has 0 aliphatic carbocycles. The predicted molar refractivity (Wildman–Crippen MR) is 75.3 cm³/mol. The van der Waals surface area contributed by atoms with Crippen LogP contribution in [-0.2, 0) is 19.9 Å². The van der Waals surface area contributed by atoms with E-state index < -0.39 is 47.2 Å². The number of rotatable bonds is 2. The molecule has 2 aliphatic heterocycles. The molecule has 2 fully saturated rings. The van der Waals surface area contributed by atoms with E-state index in [0.717, 1.165) is 10.6 Å². The van der Waals surface area contributed by atoms with Crippen molar-refractivity contribution in [2.24, 2.45) is 0 Å². The summed E-state index contributed by atoms with van der Waals surface area (Å²) in [4.78, 5) is 25.5. The molecule has 0 spiro atoms. The van der Waals surface area contributed by atoms with Gasteiger partial charge in [-0.3, -0.25) is 14.3 Å². The quantitative estimate of drug-likeness (QED) is 0.715. The van der Waals surface area contributed by atoms with Crippen molar-refractivity contribution in [1.29, 1.82) is 5.26 Å². The lowest BCUT2D eigenvalue weighted by molar-refractivity contribution is -0.225. The SMILES string of the molecule is C[C@H](O)[C@H]1O[C@@](C#N)(n2ccc(=O)[nH]c2=O)[C@@H]2OC(C)(C)O[C@H]12. The fourth-order valence-electron chi connectivity index (χ4n) is 3.06. The van der Waals surface area contributed by atoms with Crippen molar-refractivity contribution in [3.63, 3.8) is 0 Å². The Morgan fingerprint density at radius 1 is 1.39 bits per heavy atom. The number of aromatic nitrogens is 2. The molecule has 0 aromatic carbocycles. The molecule has 124 valence electrons. The average Bonchev–Trinajstić information content (AvgIpc) is 2.91. The number of nitrogens with zero attached hydrogens (tertiary/aromatic N) is 2. The minimum absolute atomic E-state index is 0.593. The molecular weight excluding hydrogens is 306 g/mol. The van der Waals surface area contributed by atoms with E-state index in [-0.39, 0.29) is 0 Å². The number of ether oxygens (including phenoxy) is 3. The summed E-state index contributed by atoms with van der Waals surface area (Å²) in [5, 5.41) is 19.7. The van der Waals surface area contributed by atoms with E-state index >= 15 is 0 Å². The lowest BCUT2D eigenvalue weighted by Crippen LogP contribution is -2.50. The second-order valence-electron chi connectivity index (χ2n) is 6.13. The summed E-state index contributed by atoms with van der Waals surface area (Å²) in [7, 11) is 0. The third-order valence-electron chi connectivity index (χ3n) is 3.97. The van der Waals surface area contributed by atoms with Crippen molar-refractivity contribution in [2.75, 3.05) is 0 Å². The predicted octanol–water partition coefficient (Wildman–Crippen LogP) is -0.987. The van der Waals surface area contributed by atoms with E-state index in [1.54, 1.807) is 13.8 Å². The lowest BCUT2D eigenvalue weighted by atomic mass is 10.0. The number of fused-ring (bicyclic) bond motifs is 1. The molecule has 9 heteroatoms. The first kappa shape index (κ1) is 15.9. The normalized spacial score (nSPS) is 36.4. The molecule has 0 radical (unpaired) electrons. The summed E-state index contributed by atoms with van der Waals surface area (Å²) >= 11 is 0. The van der Waals surface area contributed by atoms with Crippen LogP contribution in [-0.4, -0.2) is 44.9 Å². The number of H-pyrrole nitrogens is 1. The molecule has 0 amide bonds. The van der Waals surface area contributed by atoms with Crippen molar-refractivity contribution in [1.82, 2.24) is 9.55 Å². The van der Waals surface area contributed by atoms with Gasteiger partial charge in [0, 0.05) is 12.3 Å². The van der Waals surface area contributed by atoms with E-state index in [1.807, 2.05) is 6.07 Å². The third kappa shape index (κ3) is 2.31. The highest BCUT2D eigenvalue weighted by Crippen LogP contribution is 2.46. The number of nitrogens with one attached hydrogen (secondary N) is 1. The van der Waals surface area contributed by atoms with Crippen LogP contribution >= 0.6 is 0 Å². The van der Waals surface area contributed by atoms with Crippen LogP contribution in [0.4, 0.5) is 0 Å². The van der Waals surface area contributed by atoms with Crippen LogP contribution in [0.3, 0.4) is 0 Å². The number of hydrogen-bond acceptors (Lipinski definition) is 7. The van der Waals surface area contributed by atoms with Crippen molar-refractivity contribution >= 4 is 0 Å². The van der Waals surface area contributed by atoms with Crippen LogP contribution in [0.15, 0.2) is 21.9 Å². The van der Waals surface area contributed by atoms with Crippen LogP contribution in [0.5, 0.6) is 0 Å². The third-order valence-corrected chi connectivity index (χ3v) is 3.97. The van der Waals surface area contributed by atoms with E-state index in [4.69, 9.17) is 14.2 Å². The maximum absolute atomic E-state index is 12.1. The Kier molecular flexibility index (Phi) is 3.46. The molecule has 3 heterocycles. The number of nitriles is 1. The second-order valence-corrected chi connectivity index (χ2v) is 6.13. The molecule has 23 heavy (non-hydrogen) atoms. The first-order valence-electron chi connectivity index (χ1n) is 7.15. The van der Waals surface area contributed by atoms with Crippen LogP contribution in [0, 0.1) is 11.3 Å². The summed E-state index contributed by atoms with van der Waals surface area (Å²) in [5.74, 6) is -1.000. The number of aromatic amines is 1. The highest BCUT2D eigenvalue weighted by Gasteiger charge is 2.65. The number of hydrogen-bond donors (Lipinski definition) is 2. The Hall–Kier alpha value is -1.99. The zero-order valence-corrected chi connectivity index (χ0v) is 12.8. The van der Waals surface area contributed by atoms with Crippen LogP contribution < -0.4 is 11.2 Å². The van der Waals surface area contributed by atoms with E-state index in [2.05, 4.69) is 4.98 Å².